The van der Waals surface area contributed by atoms with Crippen LogP contribution in [0.4, 0.5) is 30.8 Å². The second kappa shape index (κ2) is 8.66. The number of rotatable bonds is 8. The van der Waals surface area contributed by atoms with Crippen LogP contribution < -0.4 is 15.8 Å². The van der Waals surface area contributed by atoms with Gasteiger partial charge in [-0.2, -0.15) is 23.3 Å². The Morgan fingerprint density at radius 2 is 2.12 bits per heavy atom. The number of aromatic nitrogens is 4. The molecule has 2 aromatic heterocycles. The van der Waals surface area contributed by atoms with E-state index in [1.54, 1.807) is 0 Å². The van der Waals surface area contributed by atoms with Crippen LogP contribution in [0.1, 0.15) is 68.7 Å². The molecule has 0 spiro atoms. The summed E-state index contributed by atoms with van der Waals surface area (Å²) in [6.07, 6.45) is 2.26. The molecule has 0 bridgehead atoms. The Bertz CT molecular complexity index is 1000. The van der Waals surface area contributed by atoms with Crippen LogP contribution in [-0.2, 0) is 10.9 Å². The first-order valence-corrected chi connectivity index (χ1v) is 11.6. The fraction of sp³-hybridized carbons (Fsp3) is 0.682. The molecule has 8 nitrogen and oxygen atoms in total. The molecule has 11 heteroatoms. The summed E-state index contributed by atoms with van der Waals surface area (Å²) in [5, 5.41) is 8.04. The Labute approximate surface area is 190 Å². The third-order valence-electron chi connectivity index (χ3n) is 6.95. The van der Waals surface area contributed by atoms with Crippen LogP contribution in [0.3, 0.4) is 0 Å². The lowest BCUT2D eigenvalue weighted by atomic mass is 9.93. The van der Waals surface area contributed by atoms with E-state index in [0.717, 1.165) is 50.8 Å². The molecule has 2 aliphatic carbocycles. The summed E-state index contributed by atoms with van der Waals surface area (Å²) < 4.78 is 53.0. The fourth-order valence-corrected chi connectivity index (χ4v) is 4.56. The van der Waals surface area contributed by atoms with Crippen molar-refractivity contribution in [1.29, 1.82) is 0 Å². The number of hydrogen-bond acceptors (Lipinski definition) is 7. The summed E-state index contributed by atoms with van der Waals surface area (Å²) in [5.41, 5.74) is 5.46. The number of hydrogen-bond donors (Lipinski definition) is 2. The molecule has 3 aliphatic rings. The second-order valence-electron chi connectivity index (χ2n) is 9.26. The molecule has 0 aromatic carbocycles. The lowest BCUT2D eigenvalue weighted by Crippen LogP contribution is -2.20. The van der Waals surface area contributed by atoms with Gasteiger partial charge in [0.15, 0.2) is 11.6 Å². The minimum absolute atomic E-state index is 0.00980. The number of nitrogens with one attached hydrogen (secondary N) is 1. The van der Waals surface area contributed by atoms with Gasteiger partial charge in [-0.1, -0.05) is 13.3 Å². The summed E-state index contributed by atoms with van der Waals surface area (Å²) in [7, 11) is 0. The Morgan fingerprint density at radius 3 is 2.70 bits per heavy atom. The number of ether oxygens (including phenoxy) is 2. The van der Waals surface area contributed by atoms with E-state index in [-0.39, 0.29) is 12.0 Å². The Morgan fingerprint density at radius 1 is 1.30 bits per heavy atom. The smallest absolute Gasteiger partial charge is 0.421 e. The van der Waals surface area contributed by atoms with Gasteiger partial charge in [0, 0.05) is 24.6 Å². The van der Waals surface area contributed by atoms with Crippen molar-refractivity contribution < 1.29 is 22.6 Å². The van der Waals surface area contributed by atoms with Gasteiger partial charge in [-0.3, -0.25) is 0 Å². The molecule has 5 rings (SSSR count). The average Bonchev–Trinajstić information content (AvgIpc) is 3.16. The Kier molecular flexibility index (Phi) is 5.84. The molecule has 3 atom stereocenters. The lowest BCUT2D eigenvalue weighted by Gasteiger charge is -2.27. The van der Waals surface area contributed by atoms with E-state index in [4.69, 9.17) is 20.3 Å². The zero-order chi connectivity index (χ0) is 23.2. The van der Waals surface area contributed by atoms with Crippen LogP contribution >= 0.6 is 0 Å². The fourth-order valence-electron chi connectivity index (χ4n) is 4.56. The van der Waals surface area contributed by atoms with E-state index in [0.29, 0.717) is 48.7 Å². The van der Waals surface area contributed by atoms with E-state index >= 15 is 0 Å². The topological polar surface area (TPSA) is 100 Å². The molecule has 33 heavy (non-hydrogen) atoms. The molecule has 3 fully saturated rings. The molecular formula is C22H29F3N6O2. The van der Waals surface area contributed by atoms with Crippen molar-refractivity contribution in [1.82, 2.24) is 19.7 Å². The number of nitrogen functional groups attached to an aromatic ring is 1. The number of alkyl halides is 3. The monoisotopic (exact) mass is 466 g/mol. The summed E-state index contributed by atoms with van der Waals surface area (Å²) in [6.45, 7) is 4.06. The molecule has 0 radical (unpaired) electrons. The third kappa shape index (κ3) is 4.47. The van der Waals surface area contributed by atoms with Crippen LogP contribution in [0.15, 0.2) is 6.20 Å². The number of nitrogens with zero attached hydrogens (tertiary/aromatic N) is 4. The van der Waals surface area contributed by atoms with Crippen molar-refractivity contribution in [3.05, 3.63) is 17.5 Å². The van der Waals surface area contributed by atoms with Gasteiger partial charge >= 0.3 is 6.18 Å². The zero-order valence-corrected chi connectivity index (χ0v) is 18.6. The Hall–Kier alpha value is -2.56. The van der Waals surface area contributed by atoms with Crippen molar-refractivity contribution in [2.24, 2.45) is 11.8 Å². The summed E-state index contributed by atoms with van der Waals surface area (Å²) >= 11 is 0. The highest BCUT2D eigenvalue weighted by Gasteiger charge is 2.43. The first kappa shape index (κ1) is 22.2. The quantitative estimate of drug-likeness (QED) is 0.583. The van der Waals surface area contributed by atoms with Crippen molar-refractivity contribution in [2.45, 2.75) is 63.6 Å². The maximum atomic E-state index is 13.1. The molecule has 3 N–H and O–H groups in total. The number of anilines is 3. The average molecular weight is 467 g/mol. The van der Waals surface area contributed by atoms with Crippen LogP contribution in [0.5, 0.6) is 5.75 Å². The summed E-state index contributed by atoms with van der Waals surface area (Å²) in [6, 6.07) is 0.212. The SMILES string of the molecule is CC[C@@H]1C[C@H]1c1nn(C2CCC2)c(Nc2ncc(C(F)(F)F)c(N)n2)c1OCC1CCOC1. The van der Waals surface area contributed by atoms with Gasteiger partial charge in [0.05, 0.1) is 19.3 Å². The van der Waals surface area contributed by atoms with E-state index in [9.17, 15) is 13.2 Å². The first-order chi connectivity index (χ1) is 15.8. The van der Waals surface area contributed by atoms with Gasteiger partial charge < -0.3 is 20.5 Å². The normalized spacial score (nSPS) is 25.2. The van der Waals surface area contributed by atoms with E-state index in [1.807, 2.05) is 4.68 Å². The zero-order valence-electron chi connectivity index (χ0n) is 18.6. The molecule has 180 valence electrons. The van der Waals surface area contributed by atoms with E-state index < -0.39 is 17.6 Å². The van der Waals surface area contributed by atoms with Crippen molar-refractivity contribution in [2.75, 3.05) is 30.9 Å². The Balaban J connectivity index is 1.49. The van der Waals surface area contributed by atoms with Gasteiger partial charge in [-0.15, -0.1) is 0 Å². The highest BCUT2D eigenvalue weighted by Crippen LogP contribution is 2.54. The van der Waals surface area contributed by atoms with Gasteiger partial charge in [0.25, 0.3) is 0 Å². The number of halogens is 3. The minimum atomic E-state index is -4.61. The second-order valence-corrected chi connectivity index (χ2v) is 9.26. The highest BCUT2D eigenvalue weighted by atomic mass is 19.4. The van der Waals surface area contributed by atoms with Gasteiger partial charge in [0.2, 0.25) is 5.95 Å². The van der Waals surface area contributed by atoms with Crippen molar-refractivity contribution in [3.63, 3.8) is 0 Å². The van der Waals surface area contributed by atoms with Gasteiger partial charge in [-0.25, -0.2) is 9.67 Å². The van der Waals surface area contributed by atoms with Crippen LogP contribution in [-0.4, -0.2) is 39.6 Å². The standard InChI is InChI=1S/C22H29F3N6O2/c1-2-13-8-15(13)17-18(33-11-12-6-7-32-10-12)20(31(30-17)14-4-3-5-14)29-21-27-9-16(19(26)28-21)22(23,24)25/h9,12-15H,2-8,10-11H2,1H3,(H3,26,27,28,29)/t12?,13-,15-/m1/s1. The molecule has 2 saturated carbocycles. The minimum Gasteiger partial charge on any atom is -0.487 e. The van der Waals surface area contributed by atoms with Gasteiger partial charge in [-0.05, 0) is 38.0 Å². The largest absolute Gasteiger partial charge is 0.487 e. The van der Waals surface area contributed by atoms with Crippen molar-refractivity contribution >= 4 is 17.6 Å². The summed E-state index contributed by atoms with van der Waals surface area (Å²) in [5.74, 6) is 1.81. The maximum Gasteiger partial charge on any atom is 0.421 e. The van der Waals surface area contributed by atoms with E-state index in [2.05, 4.69) is 22.2 Å². The molecular weight excluding hydrogens is 437 g/mol. The number of nitrogens with two attached hydrogens (primary N) is 1. The molecule has 2 aromatic rings. The predicted molar refractivity (Wildman–Crippen MR) is 115 cm³/mol. The molecule has 1 saturated heterocycles. The van der Waals surface area contributed by atoms with Crippen molar-refractivity contribution in [3.8, 4) is 5.75 Å². The third-order valence-corrected chi connectivity index (χ3v) is 6.95. The molecule has 3 heterocycles. The highest BCUT2D eigenvalue weighted by molar-refractivity contribution is 5.63. The lowest BCUT2D eigenvalue weighted by molar-refractivity contribution is -0.137. The van der Waals surface area contributed by atoms with Crippen LogP contribution in [0.2, 0.25) is 0 Å². The molecule has 1 aliphatic heterocycles. The van der Waals surface area contributed by atoms with Gasteiger partial charge in [0.1, 0.15) is 17.1 Å². The summed E-state index contributed by atoms with van der Waals surface area (Å²) in [4.78, 5) is 7.76. The molecule has 0 amide bonds. The maximum absolute atomic E-state index is 13.1. The van der Waals surface area contributed by atoms with Crippen LogP contribution in [0.25, 0.3) is 0 Å². The predicted octanol–water partition coefficient (Wildman–Crippen LogP) is 4.67. The van der Waals surface area contributed by atoms with E-state index in [1.165, 1.54) is 0 Å². The first-order valence-electron chi connectivity index (χ1n) is 11.6. The molecule has 1 unspecified atom stereocenters. The van der Waals surface area contributed by atoms with Crippen LogP contribution in [0, 0.1) is 11.8 Å².